The van der Waals surface area contributed by atoms with Gasteiger partial charge in [0.1, 0.15) is 5.82 Å². The average molecular weight is 584 g/mol. The lowest BCUT2D eigenvalue weighted by molar-refractivity contribution is -0.148. The maximum atomic E-state index is 13.5. The lowest BCUT2D eigenvalue weighted by Crippen LogP contribution is -2.66. The number of nitrogens with one attached hydrogen (secondary N) is 1. The first kappa shape index (κ1) is 27.7. The number of nitrogen functional groups attached to an aromatic ring is 1. The molecule has 2 aromatic carbocycles. The highest BCUT2D eigenvalue weighted by molar-refractivity contribution is 6.14. The topological polar surface area (TPSA) is 88.1 Å². The predicted octanol–water partition coefficient (Wildman–Crippen LogP) is 6.55. The zero-order valence-corrected chi connectivity index (χ0v) is 23.6. The van der Waals surface area contributed by atoms with Gasteiger partial charge in [-0.2, -0.15) is 13.2 Å². The number of nitrogens with two attached hydrogens (primary N) is 1. The maximum Gasteiger partial charge on any atom is 0.418 e. The minimum atomic E-state index is -4.52. The standard InChI is InChI=1S/C34H32F3N5O/c35-34(36,37)30-2-1-13-40-32(30)22-6-4-21(5-7-22)31(38)29-15-25(17-41-33(29)39)24-8-3-20-9-11-26(12-10-23(20)14-24)42-27-16-28(42)19-43-18-27/h1-8,13-15,17,26-28,38H,9-12,16,18-19H2,(H2,39,41). The van der Waals surface area contributed by atoms with E-state index < -0.39 is 11.7 Å². The van der Waals surface area contributed by atoms with Crippen LogP contribution in [0.2, 0.25) is 0 Å². The number of fused-ring (bicyclic) bond motifs is 3. The Balaban J connectivity index is 1.11. The van der Waals surface area contributed by atoms with E-state index in [-0.39, 0.29) is 17.2 Å². The van der Waals surface area contributed by atoms with Crippen molar-refractivity contribution >= 4 is 11.5 Å². The van der Waals surface area contributed by atoms with Crippen LogP contribution in [-0.4, -0.2) is 51.9 Å². The van der Waals surface area contributed by atoms with Gasteiger partial charge >= 0.3 is 6.18 Å². The molecule has 0 spiro atoms. The van der Waals surface area contributed by atoms with Gasteiger partial charge in [0.15, 0.2) is 0 Å². The second-order valence-corrected chi connectivity index (χ2v) is 11.7. The van der Waals surface area contributed by atoms with Crippen molar-refractivity contribution in [2.24, 2.45) is 0 Å². The van der Waals surface area contributed by atoms with Crippen LogP contribution in [0, 0.1) is 5.41 Å². The molecule has 3 aliphatic rings. The molecule has 43 heavy (non-hydrogen) atoms. The van der Waals surface area contributed by atoms with E-state index in [2.05, 4.69) is 33.1 Å². The van der Waals surface area contributed by atoms with Gasteiger partial charge in [0.05, 0.1) is 30.2 Å². The minimum absolute atomic E-state index is 0.146. The number of alkyl halides is 3. The van der Waals surface area contributed by atoms with Crippen molar-refractivity contribution in [3.8, 4) is 22.4 Å². The van der Waals surface area contributed by atoms with Crippen LogP contribution in [-0.2, 0) is 23.8 Å². The van der Waals surface area contributed by atoms with Crippen molar-refractivity contribution in [3.05, 3.63) is 101 Å². The Hall–Kier alpha value is -4.08. The van der Waals surface area contributed by atoms with E-state index in [1.165, 1.54) is 36.2 Å². The third kappa shape index (κ3) is 5.21. The van der Waals surface area contributed by atoms with Crippen molar-refractivity contribution in [3.63, 3.8) is 0 Å². The fraction of sp³-hybridized carbons (Fsp3) is 0.324. The third-order valence-electron chi connectivity index (χ3n) is 9.21. The molecule has 0 radical (unpaired) electrons. The molecule has 4 heterocycles. The van der Waals surface area contributed by atoms with Gasteiger partial charge in [0.2, 0.25) is 0 Å². The molecule has 7 rings (SSSR count). The molecule has 3 N–H and O–H groups in total. The molecule has 4 aromatic rings. The second kappa shape index (κ2) is 10.9. The molecule has 3 atom stereocenters. The Bertz CT molecular complexity index is 1670. The van der Waals surface area contributed by atoms with Crippen LogP contribution < -0.4 is 5.73 Å². The lowest BCUT2D eigenvalue weighted by atomic mass is 9.87. The summed E-state index contributed by atoms with van der Waals surface area (Å²) in [5.41, 5.74) is 11.4. The summed E-state index contributed by atoms with van der Waals surface area (Å²) in [4.78, 5) is 11.1. The number of morpholine rings is 1. The molecule has 1 aliphatic carbocycles. The number of pyridine rings is 2. The molecule has 2 aliphatic heterocycles. The van der Waals surface area contributed by atoms with Crippen LogP contribution in [0.3, 0.4) is 0 Å². The number of ether oxygens (including phenoxy) is 1. The molecule has 2 bridgehead atoms. The van der Waals surface area contributed by atoms with Crippen LogP contribution in [0.4, 0.5) is 19.0 Å². The Morgan fingerprint density at radius 2 is 1.58 bits per heavy atom. The Labute approximate surface area is 248 Å². The van der Waals surface area contributed by atoms with Crippen molar-refractivity contribution in [1.82, 2.24) is 14.9 Å². The Morgan fingerprint density at radius 3 is 2.30 bits per heavy atom. The third-order valence-corrected chi connectivity index (χ3v) is 9.21. The summed E-state index contributed by atoms with van der Waals surface area (Å²) < 4.78 is 46.2. The summed E-state index contributed by atoms with van der Waals surface area (Å²) in [6.45, 7) is 1.72. The van der Waals surface area contributed by atoms with Gasteiger partial charge in [-0.1, -0.05) is 42.5 Å². The summed E-state index contributed by atoms with van der Waals surface area (Å²) in [6.07, 6.45) is 4.21. The number of nitrogens with zero attached hydrogens (tertiary/aromatic N) is 3. The highest BCUT2D eigenvalue weighted by Gasteiger charge is 2.45. The van der Waals surface area contributed by atoms with Crippen LogP contribution >= 0.6 is 0 Å². The lowest BCUT2D eigenvalue weighted by Gasteiger charge is -2.56. The zero-order chi connectivity index (χ0) is 29.7. The van der Waals surface area contributed by atoms with Crippen molar-refractivity contribution in [2.75, 3.05) is 18.9 Å². The maximum absolute atomic E-state index is 13.5. The molecule has 220 valence electrons. The quantitative estimate of drug-likeness (QED) is 0.206. The normalized spacial score (nSPS) is 21.9. The molecule has 3 unspecified atom stereocenters. The van der Waals surface area contributed by atoms with Gasteiger partial charge < -0.3 is 10.5 Å². The SMILES string of the molecule is N=C(c1ccc(-c2ncccc2C(F)(F)F)cc1)c1cc(-c2ccc3c(c2)CCC(N2C4COCC2C4)CC3)cnc1N. The van der Waals surface area contributed by atoms with Gasteiger partial charge in [0, 0.05) is 52.8 Å². The summed E-state index contributed by atoms with van der Waals surface area (Å²) in [7, 11) is 0. The van der Waals surface area contributed by atoms with Crippen LogP contribution in [0.15, 0.2) is 73.1 Å². The molecule has 0 amide bonds. The first-order valence-corrected chi connectivity index (χ1v) is 14.7. The van der Waals surface area contributed by atoms with Gasteiger partial charge in [-0.05, 0) is 67.0 Å². The van der Waals surface area contributed by atoms with Gasteiger partial charge in [-0.3, -0.25) is 15.3 Å². The number of rotatable bonds is 5. The van der Waals surface area contributed by atoms with E-state index in [9.17, 15) is 13.2 Å². The summed E-state index contributed by atoms with van der Waals surface area (Å²) in [6, 6.07) is 18.9. The molecule has 0 saturated carbocycles. The molecular formula is C34H32F3N5O. The summed E-state index contributed by atoms with van der Waals surface area (Å²) in [5, 5.41) is 8.88. The minimum Gasteiger partial charge on any atom is -0.383 e. The van der Waals surface area contributed by atoms with E-state index in [4.69, 9.17) is 15.9 Å². The van der Waals surface area contributed by atoms with Crippen molar-refractivity contribution in [1.29, 1.82) is 5.41 Å². The van der Waals surface area contributed by atoms with E-state index >= 15 is 0 Å². The van der Waals surface area contributed by atoms with E-state index in [0.29, 0.717) is 34.8 Å². The number of anilines is 1. The molecule has 2 fully saturated rings. The summed E-state index contributed by atoms with van der Waals surface area (Å²) >= 11 is 0. The van der Waals surface area contributed by atoms with Crippen LogP contribution in [0.25, 0.3) is 22.4 Å². The molecule has 2 aromatic heterocycles. The molecule has 9 heteroatoms. The zero-order valence-electron chi connectivity index (χ0n) is 23.6. The van der Waals surface area contributed by atoms with Crippen molar-refractivity contribution < 1.29 is 17.9 Å². The number of hydrogen-bond donors (Lipinski definition) is 2. The van der Waals surface area contributed by atoms with Gasteiger partial charge in [-0.15, -0.1) is 0 Å². The van der Waals surface area contributed by atoms with E-state index in [1.807, 2.05) is 6.07 Å². The first-order chi connectivity index (χ1) is 20.8. The fourth-order valence-electron chi connectivity index (χ4n) is 6.98. The number of aromatic nitrogens is 2. The molecule has 2 saturated heterocycles. The highest BCUT2D eigenvalue weighted by Crippen LogP contribution is 2.38. The Kier molecular flexibility index (Phi) is 7.02. The number of benzene rings is 2. The molecular weight excluding hydrogens is 551 g/mol. The monoisotopic (exact) mass is 583 g/mol. The van der Waals surface area contributed by atoms with Crippen LogP contribution in [0.1, 0.15) is 47.1 Å². The van der Waals surface area contributed by atoms with Gasteiger partial charge in [-0.25, -0.2) is 4.98 Å². The van der Waals surface area contributed by atoms with Crippen molar-refractivity contribution in [2.45, 2.75) is 56.4 Å². The Morgan fingerprint density at radius 1 is 0.860 bits per heavy atom. The number of aryl methyl sites for hydroxylation is 2. The predicted molar refractivity (Wildman–Crippen MR) is 160 cm³/mol. The first-order valence-electron chi connectivity index (χ1n) is 14.7. The fourth-order valence-corrected chi connectivity index (χ4v) is 6.98. The largest absolute Gasteiger partial charge is 0.418 e. The van der Waals surface area contributed by atoms with Gasteiger partial charge in [0.25, 0.3) is 0 Å². The smallest absolute Gasteiger partial charge is 0.383 e. The molecule has 6 nitrogen and oxygen atoms in total. The summed E-state index contributed by atoms with van der Waals surface area (Å²) in [5.74, 6) is 0.226. The average Bonchev–Trinajstić information content (AvgIpc) is 3.23. The van der Waals surface area contributed by atoms with Crippen LogP contribution in [0.5, 0.6) is 0 Å². The number of halogens is 3. The number of hydrogen-bond acceptors (Lipinski definition) is 6. The van der Waals surface area contributed by atoms with E-state index in [0.717, 1.165) is 49.7 Å². The second-order valence-electron chi connectivity index (χ2n) is 11.7. The highest BCUT2D eigenvalue weighted by atomic mass is 19.4. The van der Waals surface area contributed by atoms with E-state index in [1.54, 1.807) is 30.5 Å².